The molecule has 0 spiro atoms. The number of benzene rings is 2. The van der Waals surface area contributed by atoms with Gasteiger partial charge in [-0.2, -0.15) is 35.3 Å². The second-order valence-electron chi connectivity index (χ2n) is 23.0. The molecule has 0 unspecified atom stereocenters. The summed E-state index contributed by atoms with van der Waals surface area (Å²) in [6.07, 6.45) is 9.50. The van der Waals surface area contributed by atoms with Gasteiger partial charge in [0.25, 0.3) is 8.32 Å². The van der Waals surface area contributed by atoms with E-state index in [1.54, 1.807) is 0 Å². The van der Waals surface area contributed by atoms with E-state index in [4.69, 9.17) is 10.2 Å². The van der Waals surface area contributed by atoms with Crippen LogP contribution in [0.1, 0.15) is 72.1 Å². The van der Waals surface area contributed by atoms with Crippen LogP contribution in [0.5, 0.6) is 0 Å². The number of nitrogens with zero attached hydrogens (tertiary/aromatic N) is 4. The molecule has 8 atom stereocenters. The molecular weight excluding hydrogens is 985 g/mol. The summed E-state index contributed by atoms with van der Waals surface area (Å²) in [5, 5.41) is 37.4. The van der Waals surface area contributed by atoms with Gasteiger partial charge < -0.3 is 15.5 Å². The number of hydrogen-bond donors (Lipinski definition) is 10. The first-order valence-electron chi connectivity index (χ1n) is 28.2. The molecule has 15 nitrogen and oxygen atoms in total. The topological polar surface area (TPSA) is 156 Å². The number of nitrogens with one attached hydrogen (secondary N) is 9. The summed E-state index contributed by atoms with van der Waals surface area (Å²) >= 11 is 6.35. The van der Waals surface area contributed by atoms with Crippen molar-refractivity contribution in [2.45, 2.75) is 126 Å². The fourth-order valence-corrected chi connectivity index (χ4v) is 20.5. The third-order valence-electron chi connectivity index (χ3n) is 16.5. The van der Waals surface area contributed by atoms with Crippen molar-refractivity contribution in [3.63, 3.8) is 0 Å². The molecule has 19 heteroatoms. The van der Waals surface area contributed by atoms with Crippen LogP contribution in [-0.4, -0.2) is 212 Å². The third-order valence-corrected chi connectivity index (χ3v) is 25.3. The van der Waals surface area contributed by atoms with Gasteiger partial charge >= 0.3 is 23.8 Å². The SMILES string of the molecule is CC(C)(C)[Si](OC[C@H]1CC[N+]2=C(N1)N[C@@H](CSC[C@H]1CC[N+]3=C(N1)N[C@@H](CSC[C@H]1CC[N+]4=C(N[C@@H](CSC[C@H]5CC[N+]6=C(N[C@@H](CNCCN)CC6)N5)CC4)N1)CC3)CC2)(c1ccccc1)c1ccccc1. The summed E-state index contributed by atoms with van der Waals surface area (Å²) < 4.78 is 17.5. The summed E-state index contributed by atoms with van der Waals surface area (Å²) in [5.74, 6) is 11.9. The molecule has 11 N–H and O–H groups in total. The van der Waals surface area contributed by atoms with Gasteiger partial charge in [0.15, 0.2) is 0 Å². The van der Waals surface area contributed by atoms with Crippen molar-refractivity contribution >= 4 is 77.8 Å². The first-order valence-corrected chi connectivity index (χ1v) is 33.5. The minimum Gasteiger partial charge on any atom is -0.404 e. The average Bonchev–Trinajstić information content (AvgIpc) is 3.41. The van der Waals surface area contributed by atoms with Gasteiger partial charge in [-0.25, -0.2) is 0 Å². The van der Waals surface area contributed by atoms with Crippen molar-refractivity contribution in [2.24, 2.45) is 5.73 Å². The predicted octanol–water partition coefficient (Wildman–Crippen LogP) is 0.680. The molecule has 0 fully saturated rings. The number of nitrogens with two attached hydrogens (primary N) is 1. The summed E-state index contributed by atoms with van der Waals surface area (Å²) in [4.78, 5) is 0. The molecule has 10 rings (SSSR count). The van der Waals surface area contributed by atoms with E-state index in [0.717, 1.165) is 106 Å². The molecule has 0 aromatic heterocycles. The minimum absolute atomic E-state index is 0.0292. The monoisotopic (exact) mass is 1070 g/mol. The van der Waals surface area contributed by atoms with Gasteiger partial charge in [0.1, 0.15) is 0 Å². The molecule has 8 heterocycles. The summed E-state index contributed by atoms with van der Waals surface area (Å²) in [6, 6.07) is 25.9. The maximum atomic E-state index is 7.37. The lowest BCUT2D eigenvalue weighted by Gasteiger charge is -2.44. The van der Waals surface area contributed by atoms with Crippen LogP contribution >= 0.6 is 35.3 Å². The van der Waals surface area contributed by atoms with Crippen molar-refractivity contribution in [1.29, 1.82) is 0 Å². The molecule has 0 radical (unpaired) electrons. The van der Waals surface area contributed by atoms with Gasteiger partial charge in [0.05, 0.1) is 107 Å². The van der Waals surface area contributed by atoms with Crippen LogP contribution in [0.2, 0.25) is 5.04 Å². The zero-order valence-electron chi connectivity index (χ0n) is 44.3. The zero-order chi connectivity index (χ0) is 50.0. The van der Waals surface area contributed by atoms with Crippen molar-refractivity contribution in [2.75, 3.05) is 113 Å². The highest BCUT2D eigenvalue weighted by Crippen LogP contribution is 2.37. The molecule has 0 amide bonds. The predicted molar refractivity (Wildman–Crippen MR) is 310 cm³/mol. The van der Waals surface area contributed by atoms with Gasteiger partial charge in [-0.3, -0.25) is 60.8 Å². The van der Waals surface area contributed by atoms with Gasteiger partial charge in [-0.1, -0.05) is 81.4 Å². The van der Waals surface area contributed by atoms with Gasteiger partial charge in [0.2, 0.25) is 0 Å². The normalized spacial score (nSPS) is 28.3. The Kier molecular flexibility index (Phi) is 18.3. The van der Waals surface area contributed by atoms with Crippen molar-refractivity contribution in [1.82, 2.24) is 47.9 Å². The Hall–Kier alpha value is -3.33. The number of rotatable bonds is 21. The lowest BCUT2D eigenvalue weighted by Crippen LogP contribution is -2.68. The van der Waals surface area contributed by atoms with Crippen molar-refractivity contribution in [3.8, 4) is 0 Å². The molecule has 0 aliphatic carbocycles. The molecule has 0 bridgehead atoms. The van der Waals surface area contributed by atoms with Crippen molar-refractivity contribution in [3.05, 3.63) is 60.7 Å². The fraction of sp³-hybridized carbons (Fsp3) is 0.704. The fourth-order valence-electron chi connectivity index (χ4n) is 12.3. The molecule has 8 aliphatic rings. The number of thioether (sulfide) groups is 3. The highest BCUT2D eigenvalue weighted by Gasteiger charge is 2.51. The average molecular weight is 1080 g/mol. The molecule has 400 valence electrons. The van der Waals surface area contributed by atoms with Crippen molar-refractivity contribution < 1.29 is 22.7 Å². The lowest BCUT2D eigenvalue weighted by atomic mass is 10.1. The second-order valence-corrected chi connectivity index (χ2v) is 30.5. The second kappa shape index (κ2) is 25.2. The number of hydrogen-bond acceptors (Lipinski definition) is 14. The van der Waals surface area contributed by atoms with E-state index in [1.165, 1.54) is 79.2 Å². The molecular formula is C54H90N14OS3Si+4. The van der Waals surface area contributed by atoms with E-state index in [0.29, 0.717) is 55.4 Å². The van der Waals surface area contributed by atoms with E-state index in [1.807, 2.05) is 0 Å². The van der Waals surface area contributed by atoms with E-state index >= 15 is 0 Å². The van der Waals surface area contributed by atoms with Gasteiger partial charge in [0, 0.05) is 106 Å². The molecule has 2 aromatic carbocycles. The first kappa shape index (κ1) is 53.1. The summed E-state index contributed by atoms with van der Waals surface area (Å²) in [6.45, 7) is 19.4. The largest absolute Gasteiger partial charge is 0.404 e. The molecule has 2 aromatic rings. The highest BCUT2D eigenvalue weighted by atomic mass is 32.2. The van der Waals surface area contributed by atoms with E-state index < -0.39 is 8.32 Å². The Morgan fingerprint density at radius 3 is 1.11 bits per heavy atom. The van der Waals surface area contributed by atoms with Crippen LogP contribution in [0.15, 0.2) is 60.7 Å². The number of guanidine groups is 4. The van der Waals surface area contributed by atoms with Crippen LogP contribution < -0.4 is 64.0 Å². The third kappa shape index (κ3) is 13.4. The van der Waals surface area contributed by atoms with Crippen LogP contribution in [0.25, 0.3) is 0 Å². The Morgan fingerprint density at radius 2 is 0.781 bits per heavy atom. The maximum absolute atomic E-state index is 7.37. The molecule has 73 heavy (non-hydrogen) atoms. The zero-order valence-corrected chi connectivity index (χ0v) is 47.7. The summed E-state index contributed by atoms with van der Waals surface area (Å²) in [7, 11) is -2.59. The maximum Gasteiger partial charge on any atom is 0.346 e. The Bertz CT molecular complexity index is 2220. The van der Waals surface area contributed by atoms with Crippen LogP contribution in [0.4, 0.5) is 0 Å². The van der Waals surface area contributed by atoms with Gasteiger partial charge in [-0.05, 0) is 15.4 Å². The molecule has 0 saturated carbocycles. The standard InChI is InChI=1S/C54H86N14OS3Si/c1-54(2,3)73(48-10-6-4-7-11-48,49-12-8-5-9-13-49)69-33-41-15-25-66-27-17-43(60-51(66)58-41)35-71-37-45-19-29-68-31-21-47(64-53(68)62-45)39-72-38-46-20-30-67-28-18-44(61-52(67)63-46)36-70-34-42-16-26-65-24-14-40(32-56-23-22-55)57-50(65)59-42/h4-13,40-47,56H,14-39,55H2,1-3H3,(H4,57,58,59,60,61,62,63,64)/p+4/t40-,41-,42-,43-,44-,45-,46-,47-/m1/s1. The minimum atomic E-state index is -2.59. The molecule has 0 saturated heterocycles. The van der Waals surface area contributed by atoms with Gasteiger partial charge in [-0.15, -0.1) is 0 Å². The van der Waals surface area contributed by atoms with E-state index in [2.05, 4.69) is 183 Å². The smallest absolute Gasteiger partial charge is 0.346 e. The van der Waals surface area contributed by atoms with Crippen LogP contribution in [0.3, 0.4) is 0 Å². The Labute approximate surface area is 450 Å². The quantitative estimate of drug-likeness (QED) is 0.0485. The molecule has 8 aliphatic heterocycles. The first-order chi connectivity index (χ1) is 35.7. The van der Waals surface area contributed by atoms with E-state index in [-0.39, 0.29) is 11.1 Å². The summed E-state index contributed by atoms with van der Waals surface area (Å²) in [5.41, 5.74) is 5.69. The Balaban J connectivity index is 0.612. The van der Waals surface area contributed by atoms with Crippen LogP contribution in [0, 0.1) is 0 Å². The van der Waals surface area contributed by atoms with Crippen LogP contribution in [-0.2, 0) is 4.43 Å². The highest BCUT2D eigenvalue weighted by molar-refractivity contribution is 7.99. The Morgan fingerprint density at radius 1 is 0.479 bits per heavy atom. The van der Waals surface area contributed by atoms with E-state index in [9.17, 15) is 0 Å². The lowest BCUT2D eigenvalue weighted by molar-refractivity contribution is -0.542.